The third kappa shape index (κ3) is 10.9. The third-order valence-electron chi connectivity index (χ3n) is 3.04. The Labute approximate surface area is 185 Å². The van der Waals surface area contributed by atoms with Gasteiger partial charge in [-0.25, -0.2) is 0 Å². The van der Waals surface area contributed by atoms with Crippen LogP contribution in [0.3, 0.4) is 0 Å². The van der Waals surface area contributed by atoms with Crippen molar-refractivity contribution < 1.29 is 63.4 Å². The summed E-state index contributed by atoms with van der Waals surface area (Å²) in [4.78, 5) is 0. The van der Waals surface area contributed by atoms with E-state index in [-0.39, 0.29) is 71.3 Å². The second-order valence-corrected chi connectivity index (χ2v) is 7.56. The van der Waals surface area contributed by atoms with Crippen LogP contribution in [0, 0.1) is 6.42 Å². The van der Waals surface area contributed by atoms with E-state index in [0.717, 1.165) is 0 Å². The normalized spacial score (nSPS) is 8.46. The molecule has 0 heterocycles. The van der Waals surface area contributed by atoms with E-state index in [1.165, 1.54) is 22.5 Å². The van der Waals surface area contributed by atoms with Crippen LogP contribution >= 0.6 is 7.92 Å². The number of benzene rings is 2. The van der Waals surface area contributed by atoms with E-state index >= 15 is 0 Å². The summed E-state index contributed by atoms with van der Waals surface area (Å²) in [5, 5.41) is 2.66. The van der Waals surface area contributed by atoms with Crippen LogP contribution < -0.4 is 37.2 Å². The fraction of sp³-hybridized carbons (Fsp3) is 0.158. The van der Waals surface area contributed by atoms with Gasteiger partial charge in [0.1, 0.15) is 0 Å². The number of hydrogen-bond donors (Lipinski definition) is 0. The summed E-state index contributed by atoms with van der Waals surface area (Å²) in [7, 11) is 0.220. The van der Waals surface area contributed by atoms with Gasteiger partial charge in [-0.15, -0.1) is 49.7 Å². The quantitative estimate of drug-likeness (QED) is 0.272. The Hall–Kier alpha value is 0.103. The zero-order valence-corrected chi connectivity index (χ0v) is 19.4. The Balaban J connectivity index is -0.000000318. The van der Waals surface area contributed by atoms with E-state index < -0.39 is 0 Å². The maximum Gasteiger partial charge on any atom is 3.00 e. The molecule has 0 bridgehead atoms. The van der Waals surface area contributed by atoms with Gasteiger partial charge in [-0.05, 0) is 13.3 Å². The fourth-order valence-electron chi connectivity index (χ4n) is 1.95. The Morgan fingerprint density at radius 2 is 1.42 bits per heavy atom. The Morgan fingerprint density at radius 3 is 2.00 bits per heavy atom. The summed E-state index contributed by atoms with van der Waals surface area (Å²) in [6, 6.07) is 25.2. The largest absolute Gasteiger partial charge is 3.00 e. The molecule has 0 aliphatic heterocycles. The first-order valence-corrected chi connectivity index (χ1v) is 9.31. The predicted molar refractivity (Wildman–Crippen MR) is 93.0 cm³/mol. The number of rotatable bonds is 3. The van der Waals surface area contributed by atoms with Gasteiger partial charge in [0.05, 0.1) is 0 Å². The van der Waals surface area contributed by atoms with Gasteiger partial charge in [0.15, 0.2) is 0 Å². The van der Waals surface area contributed by atoms with Gasteiger partial charge >= 0.3 is 26.2 Å². The molecule has 0 N–H and O–H groups in total. The van der Waals surface area contributed by atoms with E-state index in [9.17, 15) is 0 Å². The van der Waals surface area contributed by atoms with Gasteiger partial charge in [-0.2, -0.15) is 41.6 Å². The van der Waals surface area contributed by atoms with Crippen molar-refractivity contribution in [1.82, 2.24) is 0 Å². The molecule has 0 saturated heterocycles. The van der Waals surface area contributed by atoms with Crippen molar-refractivity contribution in [3.8, 4) is 0 Å². The maximum atomic E-state index is 2.31. The van der Waals surface area contributed by atoms with E-state index in [1.54, 1.807) is 0 Å². The smallest absolute Gasteiger partial charge is 1.00 e. The van der Waals surface area contributed by atoms with Gasteiger partial charge in [-0.1, -0.05) is 18.3 Å². The number of hydrogen-bond acceptors (Lipinski definition) is 0. The van der Waals surface area contributed by atoms with E-state index in [2.05, 4.69) is 92.5 Å². The molecule has 0 fully saturated rings. The van der Waals surface area contributed by atoms with Crippen molar-refractivity contribution in [1.29, 1.82) is 0 Å². The summed E-state index contributed by atoms with van der Waals surface area (Å²) in [5.41, 5.74) is 1.35. The van der Waals surface area contributed by atoms with Crippen molar-refractivity contribution in [3.63, 3.8) is 0 Å². The van der Waals surface area contributed by atoms with Crippen LogP contribution in [0.4, 0.5) is 0 Å². The average Bonchev–Trinajstić information content (AvgIpc) is 2.95. The molecule has 0 aliphatic rings. The van der Waals surface area contributed by atoms with Crippen LogP contribution in [0.5, 0.6) is 0 Å². The van der Waals surface area contributed by atoms with Gasteiger partial charge in [0.25, 0.3) is 0 Å². The molecule has 5 heteroatoms. The van der Waals surface area contributed by atoms with E-state index in [0.29, 0.717) is 0 Å². The van der Waals surface area contributed by atoms with Crippen LogP contribution in [-0.2, 0) is 26.2 Å². The SMILES string of the molecule is CP(C)C[CH-]c1ccccc1.[Cl-].[Cl-].[Cl-].[Zr+3].c1ccc2[cH-]ccc2c1. The summed E-state index contributed by atoms with van der Waals surface area (Å²) in [6.07, 6.45) is 3.55. The van der Waals surface area contributed by atoms with Crippen molar-refractivity contribution >= 4 is 18.7 Å². The van der Waals surface area contributed by atoms with E-state index in [1.807, 2.05) is 0 Å². The molecule has 3 aromatic carbocycles. The van der Waals surface area contributed by atoms with Crippen LogP contribution in [-0.4, -0.2) is 19.5 Å². The fourth-order valence-corrected chi connectivity index (χ4v) is 2.52. The standard InChI is InChI=1S/C10H14P.C9H7.3ClH.Zr/c1-11(2)9-8-10-6-4-3-5-7-10;1-2-5-9-7-3-6-8(9)4-1;;;;/h3-8H,9H2,1-2H3;1-7H;3*1H;/q2*-1;;;;+3/p-3. The maximum absolute atomic E-state index is 2.31. The first-order valence-electron chi connectivity index (χ1n) is 6.89. The monoisotopic (exact) mass is 475 g/mol. The molecule has 129 valence electrons. The van der Waals surface area contributed by atoms with Crippen molar-refractivity contribution in [2.24, 2.45) is 0 Å². The van der Waals surface area contributed by atoms with Crippen LogP contribution in [0.1, 0.15) is 5.56 Å². The van der Waals surface area contributed by atoms with Gasteiger partial charge < -0.3 is 37.2 Å². The molecule has 0 nitrogen and oxygen atoms in total. The number of halogens is 3. The minimum Gasteiger partial charge on any atom is -1.00 e. The Bertz CT molecular complexity index is 596. The Kier molecular flexibility index (Phi) is 19.9. The van der Waals surface area contributed by atoms with Crippen LogP contribution in [0.25, 0.3) is 10.8 Å². The van der Waals surface area contributed by atoms with Crippen molar-refractivity contribution in [2.75, 3.05) is 19.5 Å². The molecule has 0 saturated carbocycles. The minimum absolute atomic E-state index is 0. The van der Waals surface area contributed by atoms with Crippen molar-refractivity contribution in [2.45, 2.75) is 0 Å². The van der Waals surface area contributed by atoms with Gasteiger partial charge in [0, 0.05) is 0 Å². The van der Waals surface area contributed by atoms with Crippen LogP contribution in [0.15, 0.2) is 72.8 Å². The first-order chi connectivity index (χ1) is 9.75. The number of fused-ring (bicyclic) bond motifs is 1. The van der Waals surface area contributed by atoms with Gasteiger partial charge in [-0.3, -0.25) is 0 Å². The second kappa shape index (κ2) is 16.6. The first kappa shape index (κ1) is 28.9. The summed E-state index contributed by atoms with van der Waals surface area (Å²) < 4.78 is 0. The minimum atomic E-state index is 0. The summed E-state index contributed by atoms with van der Waals surface area (Å²) >= 11 is 0. The molecule has 3 rings (SSSR count). The second-order valence-electron chi connectivity index (χ2n) is 5.03. The zero-order chi connectivity index (χ0) is 14.2. The molecular formula is C19H21Cl3PZr-2. The molecule has 0 amide bonds. The molecule has 0 aromatic heterocycles. The molecule has 0 atom stereocenters. The molecule has 3 aromatic rings. The van der Waals surface area contributed by atoms with Crippen LogP contribution in [0.2, 0.25) is 0 Å². The summed E-state index contributed by atoms with van der Waals surface area (Å²) in [5.74, 6) is 0. The molecule has 0 aliphatic carbocycles. The van der Waals surface area contributed by atoms with Crippen molar-refractivity contribution in [3.05, 3.63) is 84.8 Å². The molecule has 24 heavy (non-hydrogen) atoms. The predicted octanol–water partition coefficient (Wildman–Crippen LogP) is -3.45. The molecule has 1 radical (unpaired) electrons. The Morgan fingerprint density at radius 1 is 0.833 bits per heavy atom. The van der Waals surface area contributed by atoms with E-state index in [4.69, 9.17) is 0 Å². The molecule has 0 spiro atoms. The summed E-state index contributed by atoms with van der Waals surface area (Å²) in [6.45, 7) is 4.60. The molecule has 0 unspecified atom stereocenters. The zero-order valence-electron chi connectivity index (χ0n) is 13.8. The molecular weight excluding hydrogens is 457 g/mol. The third-order valence-corrected chi connectivity index (χ3v) is 3.95. The topological polar surface area (TPSA) is 0 Å². The van der Waals surface area contributed by atoms with Gasteiger partial charge in [0.2, 0.25) is 0 Å². The average molecular weight is 478 g/mol.